The number of nitrogens with zero attached hydrogens (tertiary/aromatic N) is 2. The number of sulfone groups is 1. The number of nitrogens with one attached hydrogen (secondary N) is 1. The molecule has 9 nitrogen and oxygen atoms in total. The lowest BCUT2D eigenvalue weighted by molar-refractivity contribution is -0.189. The van der Waals surface area contributed by atoms with E-state index >= 15 is 0 Å². The number of hydroxylamine groups is 1. The van der Waals surface area contributed by atoms with Crippen molar-refractivity contribution in [2.75, 3.05) is 32.6 Å². The summed E-state index contributed by atoms with van der Waals surface area (Å²) in [7, 11) is -3.70. The van der Waals surface area contributed by atoms with E-state index in [1.165, 1.54) is 4.90 Å². The van der Waals surface area contributed by atoms with Crippen LogP contribution in [0.15, 0.2) is 28.1 Å². The molecule has 2 saturated heterocycles. The summed E-state index contributed by atoms with van der Waals surface area (Å²) in [6, 6.07) is 3.31. The normalized spacial score (nSPS) is 30.1. The molecule has 1 N–H and O–H groups in total. The van der Waals surface area contributed by atoms with Crippen molar-refractivity contribution in [1.82, 2.24) is 10.4 Å². The van der Waals surface area contributed by atoms with Crippen LogP contribution in [0.4, 0.5) is 13.2 Å². The van der Waals surface area contributed by atoms with Crippen LogP contribution in [-0.4, -0.2) is 76.1 Å². The summed E-state index contributed by atoms with van der Waals surface area (Å²) in [5, 5.41) is 0. The molecule has 0 radical (unpaired) electrons. The van der Waals surface area contributed by atoms with Gasteiger partial charge in [-0.15, -0.1) is 0 Å². The lowest BCUT2D eigenvalue weighted by Gasteiger charge is -2.39. The van der Waals surface area contributed by atoms with Crippen molar-refractivity contribution in [2.45, 2.75) is 43.7 Å². The van der Waals surface area contributed by atoms with Gasteiger partial charge in [0.1, 0.15) is 11.6 Å². The highest BCUT2D eigenvalue weighted by molar-refractivity contribution is 7.90. The van der Waals surface area contributed by atoms with Crippen molar-refractivity contribution in [3.05, 3.63) is 23.8 Å². The number of alkyl halides is 3. The first-order chi connectivity index (χ1) is 16.2. The molecule has 1 amide bonds. The van der Waals surface area contributed by atoms with E-state index in [0.29, 0.717) is 25.6 Å². The predicted octanol–water partition coefficient (Wildman–Crippen LogP) is 2.18. The van der Waals surface area contributed by atoms with E-state index in [1.807, 2.05) is 6.92 Å². The SMILES string of the molecule is CC(Oc1ccc(S(C)(=O)=O)cc1C(=O)N1CC2CC2(C2=NC(C3(C)COC3)ON2)C1)C(F)(F)F. The molecule has 35 heavy (non-hydrogen) atoms. The number of hydrogen-bond donors (Lipinski definition) is 1. The first-order valence-electron chi connectivity index (χ1n) is 11.2. The quantitative estimate of drug-likeness (QED) is 0.617. The third-order valence-corrected chi connectivity index (χ3v) is 8.36. The van der Waals surface area contributed by atoms with Crippen LogP contribution in [0.25, 0.3) is 0 Å². The summed E-state index contributed by atoms with van der Waals surface area (Å²) >= 11 is 0. The van der Waals surface area contributed by atoms with Crippen molar-refractivity contribution in [3.8, 4) is 5.75 Å². The number of halogens is 3. The standard InChI is InChI=1S/C22H26F3N3O6S/c1-12(22(23,24)25)33-16-5-4-14(35(3,30)31)6-15(16)17(29)28-8-13-7-21(13,9-28)18-26-19(34-27-18)20(2)10-32-11-20/h4-6,12-13,19H,7-11H2,1-3H3,(H,26,27). The molecule has 4 aliphatic rings. The van der Waals surface area contributed by atoms with E-state index in [9.17, 15) is 26.4 Å². The van der Waals surface area contributed by atoms with Gasteiger partial charge in [0.25, 0.3) is 5.91 Å². The summed E-state index contributed by atoms with van der Waals surface area (Å²) in [4.78, 5) is 25.2. The second-order valence-corrected chi connectivity index (χ2v) is 12.2. The highest BCUT2D eigenvalue weighted by atomic mass is 32.2. The van der Waals surface area contributed by atoms with E-state index in [0.717, 1.165) is 37.8 Å². The first-order valence-corrected chi connectivity index (χ1v) is 13.1. The Bertz CT molecular complexity index is 1200. The maximum Gasteiger partial charge on any atom is 0.425 e. The van der Waals surface area contributed by atoms with Crippen LogP contribution in [0.2, 0.25) is 0 Å². The van der Waals surface area contributed by atoms with E-state index < -0.39 is 39.7 Å². The number of rotatable bonds is 6. The van der Waals surface area contributed by atoms with Crippen LogP contribution >= 0.6 is 0 Å². The zero-order valence-corrected chi connectivity index (χ0v) is 20.2. The largest absolute Gasteiger partial charge is 0.480 e. The number of benzene rings is 1. The summed E-state index contributed by atoms with van der Waals surface area (Å²) in [5.74, 6) is -0.147. The zero-order chi connectivity index (χ0) is 25.4. The number of fused-ring (bicyclic) bond motifs is 1. The Morgan fingerprint density at radius 1 is 1.34 bits per heavy atom. The van der Waals surface area contributed by atoms with Crippen LogP contribution < -0.4 is 10.2 Å². The van der Waals surface area contributed by atoms with Gasteiger partial charge in [-0.3, -0.25) is 10.3 Å². The van der Waals surface area contributed by atoms with Gasteiger partial charge in [0, 0.05) is 19.3 Å². The number of carbonyl (C=O) groups excluding carboxylic acids is 1. The van der Waals surface area contributed by atoms with Gasteiger partial charge in [0.2, 0.25) is 0 Å². The molecule has 1 aromatic carbocycles. The second-order valence-electron chi connectivity index (χ2n) is 10.2. The Morgan fingerprint density at radius 3 is 2.66 bits per heavy atom. The van der Waals surface area contributed by atoms with E-state index in [1.54, 1.807) is 0 Å². The Kier molecular flexibility index (Phi) is 5.43. The molecular weight excluding hydrogens is 491 g/mol. The minimum atomic E-state index is -4.65. The third-order valence-electron chi connectivity index (χ3n) is 7.25. The molecular formula is C22H26F3N3O6S. The van der Waals surface area contributed by atoms with Gasteiger partial charge < -0.3 is 14.4 Å². The van der Waals surface area contributed by atoms with Crippen LogP contribution in [0.1, 0.15) is 30.6 Å². The molecule has 192 valence electrons. The fraction of sp³-hybridized carbons (Fsp3) is 0.636. The molecule has 3 fully saturated rings. The summed E-state index contributed by atoms with van der Waals surface area (Å²) in [6.45, 7) is 4.55. The van der Waals surface area contributed by atoms with Gasteiger partial charge in [-0.25, -0.2) is 18.2 Å². The van der Waals surface area contributed by atoms with Crippen molar-refractivity contribution >= 4 is 21.6 Å². The maximum atomic E-state index is 13.4. The van der Waals surface area contributed by atoms with E-state index in [4.69, 9.17) is 19.3 Å². The predicted molar refractivity (Wildman–Crippen MR) is 117 cm³/mol. The highest BCUT2D eigenvalue weighted by Crippen LogP contribution is 2.59. The van der Waals surface area contributed by atoms with Crippen molar-refractivity contribution in [1.29, 1.82) is 0 Å². The number of piperidine rings is 1. The fourth-order valence-corrected chi connectivity index (χ4v) is 5.47. The molecule has 3 aliphatic heterocycles. The second kappa shape index (κ2) is 7.81. The van der Waals surface area contributed by atoms with Gasteiger partial charge in [-0.05, 0) is 37.5 Å². The Balaban J connectivity index is 1.39. The zero-order valence-electron chi connectivity index (χ0n) is 19.4. The van der Waals surface area contributed by atoms with E-state index in [-0.39, 0.29) is 34.1 Å². The molecule has 1 saturated carbocycles. The van der Waals surface area contributed by atoms with Crippen LogP contribution in [0.5, 0.6) is 5.75 Å². The number of ether oxygens (including phenoxy) is 2. The van der Waals surface area contributed by atoms with Gasteiger partial charge in [-0.1, -0.05) is 6.92 Å². The van der Waals surface area contributed by atoms with Crippen LogP contribution in [0, 0.1) is 16.7 Å². The third kappa shape index (κ3) is 4.16. The molecule has 0 bridgehead atoms. The number of amides is 1. The summed E-state index contributed by atoms with van der Waals surface area (Å²) in [6.07, 6.45) is -5.48. The molecule has 3 heterocycles. The lowest BCUT2D eigenvalue weighted by atomic mass is 9.87. The topological polar surface area (TPSA) is 107 Å². The summed E-state index contributed by atoms with van der Waals surface area (Å²) in [5.41, 5.74) is 2.05. The fourth-order valence-electron chi connectivity index (χ4n) is 4.82. The molecule has 0 aromatic heterocycles. The van der Waals surface area contributed by atoms with Crippen molar-refractivity contribution in [2.24, 2.45) is 21.7 Å². The monoisotopic (exact) mass is 517 g/mol. The average molecular weight is 518 g/mol. The molecule has 13 heteroatoms. The Labute approximate surface area is 200 Å². The van der Waals surface area contributed by atoms with Crippen molar-refractivity contribution < 1.29 is 40.7 Å². The number of hydrogen-bond acceptors (Lipinski definition) is 8. The Morgan fingerprint density at radius 2 is 2.06 bits per heavy atom. The average Bonchev–Trinajstić information content (AvgIpc) is 3.11. The molecule has 1 aromatic rings. The molecule has 5 rings (SSSR count). The van der Waals surface area contributed by atoms with Crippen LogP contribution in [0.3, 0.4) is 0 Å². The number of amidine groups is 1. The van der Waals surface area contributed by atoms with Gasteiger partial charge in [0.15, 0.2) is 22.2 Å². The smallest absolute Gasteiger partial charge is 0.425 e. The molecule has 0 spiro atoms. The summed E-state index contributed by atoms with van der Waals surface area (Å²) < 4.78 is 73.8. The highest BCUT2D eigenvalue weighted by Gasteiger charge is 2.66. The first kappa shape index (κ1) is 24.3. The minimum Gasteiger partial charge on any atom is -0.480 e. The maximum absolute atomic E-state index is 13.4. The number of aliphatic imine (C=N–C) groups is 1. The van der Waals surface area contributed by atoms with Crippen molar-refractivity contribution in [3.63, 3.8) is 0 Å². The van der Waals surface area contributed by atoms with E-state index in [2.05, 4.69) is 5.48 Å². The van der Waals surface area contributed by atoms with Gasteiger partial charge >= 0.3 is 6.18 Å². The number of carbonyl (C=O) groups is 1. The Hall–Kier alpha value is -2.38. The van der Waals surface area contributed by atoms with Crippen LogP contribution in [-0.2, 0) is 19.4 Å². The molecule has 1 aliphatic carbocycles. The minimum absolute atomic E-state index is 0.113. The van der Waals surface area contributed by atoms with Gasteiger partial charge in [-0.2, -0.15) is 13.2 Å². The molecule has 4 unspecified atom stereocenters. The lowest BCUT2D eigenvalue weighted by Crippen LogP contribution is -2.49. The number of likely N-dealkylation sites (tertiary alicyclic amines) is 1. The molecule has 4 atom stereocenters. The van der Waals surface area contributed by atoms with Gasteiger partial charge in [0.05, 0.1) is 34.5 Å².